The molecule has 3 heterocycles. The Bertz CT molecular complexity index is 956. The van der Waals surface area contributed by atoms with E-state index in [0.717, 1.165) is 44.3 Å². The Morgan fingerprint density at radius 3 is 2.80 bits per heavy atom. The van der Waals surface area contributed by atoms with E-state index in [4.69, 9.17) is 9.72 Å². The van der Waals surface area contributed by atoms with Gasteiger partial charge in [-0.25, -0.2) is 9.97 Å². The molecule has 3 aromatic heterocycles. The third kappa shape index (κ3) is 1.48. The summed E-state index contributed by atoms with van der Waals surface area (Å²) in [5.74, 6) is 0.836. The molecule has 0 fully saturated rings. The molecule has 0 spiro atoms. The van der Waals surface area contributed by atoms with Gasteiger partial charge in [-0.1, -0.05) is 0 Å². The second-order valence-electron chi connectivity index (χ2n) is 4.92. The predicted octanol–water partition coefficient (Wildman–Crippen LogP) is 3.58. The van der Waals surface area contributed by atoms with E-state index >= 15 is 0 Å². The molecule has 0 saturated heterocycles. The fourth-order valence-electron chi connectivity index (χ4n) is 2.60. The van der Waals surface area contributed by atoms with Gasteiger partial charge in [0.15, 0.2) is 0 Å². The minimum Gasteiger partial charge on any atom is -0.497 e. The van der Waals surface area contributed by atoms with Gasteiger partial charge in [0.2, 0.25) is 0 Å². The Morgan fingerprint density at radius 1 is 1.05 bits per heavy atom. The first-order valence-corrected chi connectivity index (χ1v) is 6.48. The highest BCUT2D eigenvalue weighted by atomic mass is 16.5. The highest BCUT2D eigenvalue weighted by molar-refractivity contribution is 6.15. The Balaban J connectivity index is 2.17. The van der Waals surface area contributed by atoms with Gasteiger partial charge < -0.3 is 9.72 Å². The number of nitrogens with one attached hydrogen (secondary N) is 1. The van der Waals surface area contributed by atoms with Crippen molar-refractivity contribution in [3.8, 4) is 5.75 Å². The van der Waals surface area contributed by atoms with Crippen LogP contribution >= 0.6 is 0 Å². The lowest BCUT2D eigenvalue weighted by Gasteiger charge is -2.01. The Morgan fingerprint density at radius 2 is 1.95 bits per heavy atom. The van der Waals surface area contributed by atoms with E-state index < -0.39 is 0 Å². The second kappa shape index (κ2) is 3.93. The number of benzene rings is 1. The van der Waals surface area contributed by atoms with Crippen LogP contribution in [0.5, 0.6) is 5.75 Å². The monoisotopic (exact) mass is 263 g/mol. The van der Waals surface area contributed by atoms with Crippen molar-refractivity contribution in [3.05, 3.63) is 42.2 Å². The summed E-state index contributed by atoms with van der Waals surface area (Å²) in [5, 5.41) is 3.18. The van der Waals surface area contributed by atoms with Crippen LogP contribution in [0.15, 0.2) is 36.5 Å². The lowest BCUT2D eigenvalue weighted by molar-refractivity contribution is 0.415. The van der Waals surface area contributed by atoms with Crippen LogP contribution in [0.4, 0.5) is 0 Å². The average Bonchev–Trinajstić information content (AvgIpc) is 2.84. The molecule has 0 aliphatic carbocycles. The Kier molecular flexibility index (Phi) is 2.21. The average molecular weight is 263 g/mol. The third-order valence-electron chi connectivity index (χ3n) is 3.63. The number of aryl methyl sites for hydroxylation is 1. The molecule has 4 aromatic rings. The van der Waals surface area contributed by atoms with Crippen molar-refractivity contribution in [1.29, 1.82) is 0 Å². The molecule has 0 aliphatic rings. The molecule has 4 rings (SSSR count). The Labute approximate surface area is 115 Å². The molecular formula is C16H13N3O. The van der Waals surface area contributed by atoms with E-state index in [0.29, 0.717) is 0 Å². The van der Waals surface area contributed by atoms with Crippen molar-refractivity contribution in [3.63, 3.8) is 0 Å². The topological polar surface area (TPSA) is 50.8 Å². The highest BCUT2D eigenvalue weighted by Gasteiger charge is 2.10. The van der Waals surface area contributed by atoms with Gasteiger partial charge in [-0.15, -0.1) is 0 Å². The van der Waals surface area contributed by atoms with Crippen molar-refractivity contribution >= 4 is 32.8 Å². The van der Waals surface area contributed by atoms with Crippen molar-refractivity contribution in [1.82, 2.24) is 15.0 Å². The number of hydrogen-bond donors (Lipinski definition) is 1. The number of hydrogen-bond acceptors (Lipinski definition) is 3. The van der Waals surface area contributed by atoms with Crippen molar-refractivity contribution in [2.45, 2.75) is 6.92 Å². The molecule has 1 aromatic carbocycles. The van der Waals surface area contributed by atoms with Crippen LogP contribution in [-0.4, -0.2) is 22.1 Å². The predicted molar refractivity (Wildman–Crippen MR) is 80.2 cm³/mol. The number of H-pyrrole nitrogens is 1. The molecule has 0 atom stereocenters. The largest absolute Gasteiger partial charge is 0.497 e. The molecule has 20 heavy (non-hydrogen) atoms. The third-order valence-corrected chi connectivity index (χ3v) is 3.63. The van der Waals surface area contributed by atoms with Crippen LogP contribution in [0.25, 0.3) is 32.8 Å². The molecular weight excluding hydrogens is 250 g/mol. The molecule has 4 nitrogen and oxygen atoms in total. The summed E-state index contributed by atoms with van der Waals surface area (Å²) in [4.78, 5) is 12.5. The lowest BCUT2D eigenvalue weighted by Crippen LogP contribution is -1.87. The molecule has 98 valence electrons. The summed E-state index contributed by atoms with van der Waals surface area (Å²) in [7, 11) is 1.67. The highest BCUT2D eigenvalue weighted by Crippen LogP contribution is 2.31. The zero-order valence-electron chi connectivity index (χ0n) is 11.3. The maximum absolute atomic E-state index is 5.29. The Hall–Kier alpha value is -2.62. The van der Waals surface area contributed by atoms with Crippen molar-refractivity contribution in [2.24, 2.45) is 0 Å². The summed E-state index contributed by atoms with van der Waals surface area (Å²) < 4.78 is 5.29. The summed E-state index contributed by atoms with van der Waals surface area (Å²) in [6.07, 6.45) is 1.88. The molecule has 0 aliphatic heterocycles. The summed E-state index contributed by atoms with van der Waals surface area (Å²) in [6.45, 7) is 2.02. The first-order valence-electron chi connectivity index (χ1n) is 6.48. The first-order chi connectivity index (χ1) is 9.76. The van der Waals surface area contributed by atoms with Gasteiger partial charge in [0.25, 0.3) is 0 Å². The summed E-state index contributed by atoms with van der Waals surface area (Å²) in [5.41, 5.74) is 3.90. The minimum absolute atomic E-state index is 0.836. The SMILES string of the molecule is COc1ccc2nc3c4ccc(C)[nH]c4ncc3c2c1. The number of nitrogens with zero attached hydrogens (tertiary/aromatic N) is 2. The minimum atomic E-state index is 0.836. The van der Waals surface area contributed by atoms with Gasteiger partial charge >= 0.3 is 0 Å². The standard InChI is InChI=1S/C16H13N3O/c1-9-3-5-11-15-13(8-17-16(11)18-9)12-7-10(20-2)4-6-14(12)19-15/h3-8H,1-2H3,(H,17,18). The molecule has 0 amide bonds. The van der Waals surface area contributed by atoms with Crippen molar-refractivity contribution < 1.29 is 4.74 Å². The quantitative estimate of drug-likeness (QED) is 0.571. The fourth-order valence-corrected chi connectivity index (χ4v) is 2.60. The van der Waals surface area contributed by atoms with Gasteiger partial charge in [0.05, 0.1) is 18.1 Å². The molecule has 0 unspecified atom stereocenters. The van der Waals surface area contributed by atoms with Gasteiger partial charge in [0, 0.05) is 28.0 Å². The lowest BCUT2D eigenvalue weighted by atomic mass is 10.1. The summed E-state index contributed by atoms with van der Waals surface area (Å²) in [6, 6.07) is 10.0. The van der Waals surface area contributed by atoms with Crippen LogP contribution in [0, 0.1) is 6.92 Å². The number of aromatic amines is 1. The molecule has 0 saturated carbocycles. The maximum atomic E-state index is 5.29. The van der Waals surface area contributed by atoms with Crippen LogP contribution < -0.4 is 4.74 Å². The number of fused-ring (bicyclic) bond motifs is 5. The van der Waals surface area contributed by atoms with E-state index in [-0.39, 0.29) is 0 Å². The van der Waals surface area contributed by atoms with Crippen LogP contribution in [0.2, 0.25) is 0 Å². The van der Waals surface area contributed by atoms with Crippen LogP contribution in [0.3, 0.4) is 0 Å². The molecule has 0 bridgehead atoms. The normalized spacial score (nSPS) is 11.5. The van der Waals surface area contributed by atoms with Gasteiger partial charge in [-0.2, -0.15) is 0 Å². The van der Waals surface area contributed by atoms with E-state index in [1.165, 1.54) is 0 Å². The van der Waals surface area contributed by atoms with Crippen LogP contribution in [0.1, 0.15) is 5.69 Å². The molecule has 4 heteroatoms. The summed E-state index contributed by atoms with van der Waals surface area (Å²) >= 11 is 0. The number of aromatic nitrogens is 3. The second-order valence-corrected chi connectivity index (χ2v) is 4.92. The van der Waals surface area contributed by atoms with Gasteiger partial charge in [-0.05, 0) is 37.3 Å². The molecule has 1 N–H and O–H groups in total. The van der Waals surface area contributed by atoms with E-state index in [1.54, 1.807) is 7.11 Å². The number of methoxy groups -OCH3 is 1. The number of ether oxygens (including phenoxy) is 1. The van der Waals surface area contributed by atoms with E-state index in [2.05, 4.69) is 16.0 Å². The smallest absolute Gasteiger partial charge is 0.139 e. The van der Waals surface area contributed by atoms with E-state index in [1.807, 2.05) is 37.4 Å². The fraction of sp³-hybridized carbons (Fsp3) is 0.125. The first kappa shape index (κ1) is 11.2. The zero-order valence-corrected chi connectivity index (χ0v) is 11.3. The molecule has 0 radical (unpaired) electrons. The maximum Gasteiger partial charge on any atom is 0.139 e. The zero-order chi connectivity index (χ0) is 13.7. The van der Waals surface area contributed by atoms with Crippen LogP contribution in [-0.2, 0) is 0 Å². The van der Waals surface area contributed by atoms with Gasteiger partial charge in [0.1, 0.15) is 11.4 Å². The van der Waals surface area contributed by atoms with Crippen molar-refractivity contribution in [2.75, 3.05) is 7.11 Å². The van der Waals surface area contributed by atoms with E-state index in [9.17, 15) is 0 Å². The number of pyridine rings is 2. The number of rotatable bonds is 1. The van der Waals surface area contributed by atoms with Gasteiger partial charge in [-0.3, -0.25) is 0 Å².